The van der Waals surface area contributed by atoms with Crippen LogP contribution in [0.3, 0.4) is 0 Å². The van der Waals surface area contributed by atoms with Crippen LogP contribution in [-0.2, 0) is 4.74 Å². The second-order valence-corrected chi connectivity index (χ2v) is 4.79. The summed E-state index contributed by atoms with van der Waals surface area (Å²) in [6.07, 6.45) is 1.76. The average Bonchev–Trinajstić information content (AvgIpc) is 2.94. The molecule has 0 saturated carbocycles. The molecule has 0 spiro atoms. The second kappa shape index (κ2) is 4.98. The molecule has 2 aromatic carbocycles. The highest BCUT2D eigenvalue weighted by atomic mass is 35.5. The Hall–Kier alpha value is -2.33. The molecule has 0 aliphatic carbocycles. The summed E-state index contributed by atoms with van der Waals surface area (Å²) in [7, 11) is 1.36. The Balaban J connectivity index is 2.11. The zero-order valence-corrected chi connectivity index (χ0v) is 11.4. The summed E-state index contributed by atoms with van der Waals surface area (Å²) in [4.78, 5) is 11.4. The first-order valence-corrected chi connectivity index (χ1v) is 6.38. The number of carbonyl (C=O) groups excluding carboxylic acids is 1. The van der Waals surface area contributed by atoms with Crippen molar-refractivity contribution in [1.29, 1.82) is 0 Å². The molecule has 0 unspecified atom stereocenters. The number of H-pyrrole nitrogens is 1. The molecule has 20 heavy (non-hydrogen) atoms. The molecule has 1 aromatic heterocycles. The third-order valence-electron chi connectivity index (χ3n) is 3.14. The Kier molecular flexibility index (Phi) is 3.16. The Labute approximate surface area is 120 Å². The Morgan fingerprint density at radius 1 is 1.25 bits per heavy atom. The van der Waals surface area contributed by atoms with Gasteiger partial charge in [0.15, 0.2) is 0 Å². The van der Waals surface area contributed by atoms with E-state index in [0.717, 1.165) is 22.0 Å². The molecule has 1 N–H and O–H groups in total. The Morgan fingerprint density at radius 3 is 2.70 bits per heavy atom. The summed E-state index contributed by atoms with van der Waals surface area (Å²) in [5.74, 6) is -0.351. The molecule has 0 fully saturated rings. The van der Waals surface area contributed by atoms with Crippen molar-refractivity contribution in [2.24, 2.45) is 0 Å². The number of aromatic nitrogens is 2. The van der Waals surface area contributed by atoms with Gasteiger partial charge in [0.2, 0.25) is 0 Å². The highest BCUT2D eigenvalue weighted by Gasteiger charge is 2.09. The minimum atomic E-state index is -0.351. The molecule has 100 valence electrons. The van der Waals surface area contributed by atoms with Gasteiger partial charge in [0, 0.05) is 10.4 Å². The number of methoxy groups -OCH3 is 1. The van der Waals surface area contributed by atoms with E-state index in [4.69, 9.17) is 11.6 Å². The minimum absolute atomic E-state index is 0.351. The van der Waals surface area contributed by atoms with Gasteiger partial charge in [-0.05, 0) is 35.4 Å². The molecule has 0 radical (unpaired) electrons. The summed E-state index contributed by atoms with van der Waals surface area (Å²) in [6, 6.07) is 10.9. The van der Waals surface area contributed by atoms with Crippen molar-refractivity contribution in [1.82, 2.24) is 10.2 Å². The van der Waals surface area contributed by atoms with Crippen LogP contribution in [0.5, 0.6) is 0 Å². The lowest BCUT2D eigenvalue weighted by Crippen LogP contribution is -2.00. The number of aromatic amines is 1. The first-order chi connectivity index (χ1) is 9.69. The molecule has 1 heterocycles. The zero-order chi connectivity index (χ0) is 14.1. The lowest BCUT2D eigenvalue weighted by atomic mass is 10.0. The van der Waals surface area contributed by atoms with E-state index in [2.05, 4.69) is 14.9 Å². The standard InChI is InChI=1S/C15H11ClN2O2/c1-20-15(19)10-4-2-9(3-5-10)12-6-11(16)7-14-13(12)8-17-18-14/h2-8H,1H3,(H,17,18). The number of rotatable bonds is 2. The van der Waals surface area contributed by atoms with Gasteiger partial charge in [-0.1, -0.05) is 23.7 Å². The van der Waals surface area contributed by atoms with Crippen molar-refractivity contribution < 1.29 is 9.53 Å². The minimum Gasteiger partial charge on any atom is -0.465 e. The molecular formula is C15H11ClN2O2. The first-order valence-electron chi connectivity index (χ1n) is 6.00. The summed E-state index contributed by atoms with van der Waals surface area (Å²) >= 11 is 6.11. The average molecular weight is 287 g/mol. The Bertz CT molecular complexity index is 778. The highest BCUT2D eigenvalue weighted by Crippen LogP contribution is 2.31. The molecule has 3 rings (SSSR count). The molecule has 0 bridgehead atoms. The number of hydrogen-bond acceptors (Lipinski definition) is 3. The normalized spacial score (nSPS) is 10.7. The van der Waals surface area contributed by atoms with E-state index < -0.39 is 0 Å². The van der Waals surface area contributed by atoms with Crippen LogP contribution < -0.4 is 0 Å². The molecular weight excluding hydrogens is 276 g/mol. The van der Waals surface area contributed by atoms with Crippen LogP contribution in [0.25, 0.3) is 22.0 Å². The zero-order valence-electron chi connectivity index (χ0n) is 10.7. The van der Waals surface area contributed by atoms with Crippen LogP contribution in [-0.4, -0.2) is 23.3 Å². The van der Waals surface area contributed by atoms with Crippen LogP contribution in [0.15, 0.2) is 42.6 Å². The van der Waals surface area contributed by atoms with E-state index in [1.165, 1.54) is 7.11 Å². The van der Waals surface area contributed by atoms with Crippen LogP contribution in [0.4, 0.5) is 0 Å². The summed E-state index contributed by atoms with van der Waals surface area (Å²) in [6.45, 7) is 0. The fourth-order valence-electron chi connectivity index (χ4n) is 2.16. The topological polar surface area (TPSA) is 55.0 Å². The number of hydrogen-bond donors (Lipinski definition) is 1. The molecule has 0 aliphatic rings. The van der Waals surface area contributed by atoms with Crippen LogP contribution in [0, 0.1) is 0 Å². The predicted octanol–water partition coefficient (Wildman–Crippen LogP) is 3.67. The van der Waals surface area contributed by atoms with Gasteiger partial charge in [0.05, 0.1) is 24.4 Å². The number of benzene rings is 2. The summed E-state index contributed by atoms with van der Waals surface area (Å²) in [5.41, 5.74) is 3.33. The molecule has 0 saturated heterocycles. The van der Waals surface area contributed by atoms with Crippen LogP contribution >= 0.6 is 11.6 Å². The van der Waals surface area contributed by atoms with Crippen molar-refractivity contribution in [2.45, 2.75) is 0 Å². The fourth-order valence-corrected chi connectivity index (χ4v) is 2.38. The molecule has 3 aromatic rings. The van der Waals surface area contributed by atoms with Crippen molar-refractivity contribution in [3.05, 3.63) is 53.2 Å². The second-order valence-electron chi connectivity index (χ2n) is 4.35. The number of fused-ring (bicyclic) bond motifs is 1. The maximum absolute atomic E-state index is 11.4. The van der Waals surface area contributed by atoms with Gasteiger partial charge in [-0.15, -0.1) is 0 Å². The number of esters is 1. The van der Waals surface area contributed by atoms with Gasteiger partial charge < -0.3 is 4.74 Å². The van der Waals surface area contributed by atoms with Crippen LogP contribution in [0.2, 0.25) is 5.02 Å². The van der Waals surface area contributed by atoms with Gasteiger partial charge in [-0.25, -0.2) is 4.79 Å². The monoisotopic (exact) mass is 286 g/mol. The van der Waals surface area contributed by atoms with Crippen LogP contribution in [0.1, 0.15) is 10.4 Å². The number of carbonyl (C=O) groups is 1. The summed E-state index contributed by atoms with van der Waals surface area (Å²) in [5, 5.41) is 8.55. The van der Waals surface area contributed by atoms with E-state index in [9.17, 15) is 4.79 Å². The van der Waals surface area contributed by atoms with E-state index in [-0.39, 0.29) is 5.97 Å². The van der Waals surface area contributed by atoms with Crippen molar-refractivity contribution in [3.63, 3.8) is 0 Å². The maximum atomic E-state index is 11.4. The number of ether oxygens (including phenoxy) is 1. The molecule has 0 aliphatic heterocycles. The predicted molar refractivity (Wildman–Crippen MR) is 77.9 cm³/mol. The largest absolute Gasteiger partial charge is 0.465 e. The SMILES string of the molecule is COC(=O)c1ccc(-c2cc(Cl)cc3[nH]ncc23)cc1. The van der Waals surface area contributed by atoms with Gasteiger partial charge in [0.25, 0.3) is 0 Å². The molecule has 0 amide bonds. The van der Waals surface area contributed by atoms with E-state index in [0.29, 0.717) is 10.6 Å². The summed E-state index contributed by atoms with van der Waals surface area (Å²) < 4.78 is 4.68. The highest BCUT2D eigenvalue weighted by molar-refractivity contribution is 6.31. The van der Waals surface area contributed by atoms with Gasteiger partial charge in [-0.3, -0.25) is 5.10 Å². The lowest BCUT2D eigenvalue weighted by Gasteiger charge is -2.06. The van der Waals surface area contributed by atoms with Crippen molar-refractivity contribution >= 4 is 28.5 Å². The smallest absolute Gasteiger partial charge is 0.337 e. The van der Waals surface area contributed by atoms with Gasteiger partial charge >= 0.3 is 5.97 Å². The third kappa shape index (κ3) is 2.14. The maximum Gasteiger partial charge on any atom is 0.337 e. The number of nitrogens with zero attached hydrogens (tertiary/aromatic N) is 1. The van der Waals surface area contributed by atoms with E-state index in [1.54, 1.807) is 18.3 Å². The van der Waals surface area contributed by atoms with E-state index >= 15 is 0 Å². The Morgan fingerprint density at radius 2 is 2.00 bits per heavy atom. The first kappa shape index (κ1) is 12.7. The van der Waals surface area contributed by atoms with Crippen molar-refractivity contribution in [3.8, 4) is 11.1 Å². The fraction of sp³-hybridized carbons (Fsp3) is 0.0667. The molecule has 5 heteroatoms. The lowest BCUT2D eigenvalue weighted by molar-refractivity contribution is 0.0601. The quantitative estimate of drug-likeness (QED) is 0.731. The van der Waals surface area contributed by atoms with Gasteiger partial charge in [-0.2, -0.15) is 5.10 Å². The number of nitrogens with one attached hydrogen (secondary N) is 1. The molecule has 0 atom stereocenters. The number of halogens is 1. The van der Waals surface area contributed by atoms with Gasteiger partial charge in [0.1, 0.15) is 0 Å². The van der Waals surface area contributed by atoms with E-state index in [1.807, 2.05) is 24.3 Å². The molecule has 4 nitrogen and oxygen atoms in total. The van der Waals surface area contributed by atoms with Crippen molar-refractivity contribution in [2.75, 3.05) is 7.11 Å². The third-order valence-corrected chi connectivity index (χ3v) is 3.36.